The van der Waals surface area contributed by atoms with E-state index < -0.39 is 12.0 Å². The van der Waals surface area contributed by atoms with Crippen molar-refractivity contribution < 1.29 is 14.6 Å². The van der Waals surface area contributed by atoms with Gasteiger partial charge in [-0.3, -0.25) is 4.68 Å². The number of ether oxygens (including phenoxy) is 1. The Kier molecular flexibility index (Phi) is 4.08. The average Bonchev–Trinajstić information content (AvgIpc) is 2.87. The van der Waals surface area contributed by atoms with Gasteiger partial charge in [0, 0.05) is 11.8 Å². The van der Waals surface area contributed by atoms with E-state index in [0.717, 1.165) is 16.9 Å². The third kappa shape index (κ3) is 3.17. The maximum absolute atomic E-state index is 10.9. The van der Waals surface area contributed by atoms with Crippen LogP contribution in [0.25, 0.3) is 11.1 Å². The molecule has 1 heterocycles. The van der Waals surface area contributed by atoms with Gasteiger partial charge < -0.3 is 9.84 Å². The minimum atomic E-state index is -0.902. The zero-order valence-electron chi connectivity index (χ0n) is 11.8. The Morgan fingerprint density at radius 2 is 1.85 bits per heavy atom. The van der Waals surface area contributed by atoms with Crippen molar-refractivity contribution in [2.75, 3.05) is 0 Å². The summed E-state index contributed by atoms with van der Waals surface area (Å²) in [6.07, 6.45) is 3.54. The first-order chi connectivity index (χ1) is 9.47. The van der Waals surface area contributed by atoms with Crippen molar-refractivity contribution in [2.45, 2.75) is 32.9 Å². The summed E-state index contributed by atoms with van der Waals surface area (Å²) in [5.41, 5.74) is 1.86. The van der Waals surface area contributed by atoms with Gasteiger partial charge in [-0.25, -0.2) is 4.79 Å². The van der Waals surface area contributed by atoms with Crippen LogP contribution < -0.4 is 4.74 Å². The number of rotatable bonds is 5. The van der Waals surface area contributed by atoms with Gasteiger partial charge in [0.25, 0.3) is 0 Å². The van der Waals surface area contributed by atoms with Gasteiger partial charge in [-0.1, -0.05) is 12.1 Å². The van der Waals surface area contributed by atoms with Gasteiger partial charge in [0.15, 0.2) is 0 Å². The van der Waals surface area contributed by atoms with Crippen LogP contribution in [0.2, 0.25) is 0 Å². The summed E-state index contributed by atoms with van der Waals surface area (Å²) >= 11 is 0. The summed E-state index contributed by atoms with van der Waals surface area (Å²) in [7, 11) is 0. The van der Waals surface area contributed by atoms with E-state index in [1.165, 1.54) is 4.68 Å². The van der Waals surface area contributed by atoms with Crippen LogP contribution in [0.15, 0.2) is 36.7 Å². The summed E-state index contributed by atoms with van der Waals surface area (Å²) < 4.78 is 7.02. The number of carbonyl (C=O) groups is 1. The van der Waals surface area contributed by atoms with Crippen molar-refractivity contribution in [1.82, 2.24) is 9.78 Å². The van der Waals surface area contributed by atoms with Gasteiger partial charge >= 0.3 is 5.97 Å². The fraction of sp³-hybridized carbons (Fsp3) is 0.333. The van der Waals surface area contributed by atoms with Crippen LogP contribution >= 0.6 is 0 Å². The Bertz CT molecular complexity index is 587. The zero-order chi connectivity index (χ0) is 14.7. The van der Waals surface area contributed by atoms with Gasteiger partial charge in [0.05, 0.1) is 12.3 Å². The topological polar surface area (TPSA) is 64.4 Å². The highest BCUT2D eigenvalue weighted by Gasteiger charge is 2.14. The molecule has 0 radical (unpaired) electrons. The highest BCUT2D eigenvalue weighted by atomic mass is 16.5. The minimum absolute atomic E-state index is 0.139. The Morgan fingerprint density at radius 1 is 1.20 bits per heavy atom. The smallest absolute Gasteiger partial charge is 0.328 e. The molecule has 0 aliphatic carbocycles. The van der Waals surface area contributed by atoms with Crippen LogP contribution in [0.3, 0.4) is 0 Å². The first kappa shape index (κ1) is 14.1. The van der Waals surface area contributed by atoms with Crippen LogP contribution in [0, 0.1) is 0 Å². The summed E-state index contributed by atoms with van der Waals surface area (Å²) in [6, 6.07) is 6.99. The van der Waals surface area contributed by atoms with Crippen LogP contribution in [-0.4, -0.2) is 27.0 Å². The predicted octanol–water partition coefficient (Wildman–Crippen LogP) is 2.98. The van der Waals surface area contributed by atoms with Gasteiger partial charge in [0.2, 0.25) is 0 Å². The van der Waals surface area contributed by atoms with Crippen LogP contribution in [0.4, 0.5) is 0 Å². The van der Waals surface area contributed by atoms with Gasteiger partial charge in [0.1, 0.15) is 11.8 Å². The number of carboxylic acids is 1. The van der Waals surface area contributed by atoms with E-state index in [0.29, 0.717) is 0 Å². The number of hydrogen-bond donors (Lipinski definition) is 1. The second-order valence-electron chi connectivity index (χ2n) is 4.91. The molecule has 1 N–H and O–H groups in total. The van der Waals surface area contributed by atoms with Crippen molar-refractivity contribution in [3.05, 3.63) is 36.7 Å². The van der Waals surface area contributed by atoms with E-state index in [9.17, 15) is 4.79 Å². The first-order valence-corrected chi connectivity index (χ1v) is 6.51. The first-order valence-electron chi connectivity index (χ1n) is 6.51. The van der Waals surface area contributed by atoms with Gasteiger partial charge in [-0.2, -0.15) is 5.10 Å². The lowest BCUT2D eigenvalue weighted by Gasteiger charge is -2.09. The highest BCUT2D eigenvalue weighted by Crippen LogP contribution is 2.23. The molecule has 0 saturated heterocycles. The standard InChI is InChI=1S/C15H18N2O3/c1-10(2)20-14-6-4-12(5-7-14)13-8-16-17(9-13)11(3)15(18)19/h4-11H,1-3H3,(H,18,19). The summed E-state index contributed by atoms with van der Waals surface area (Å²) in [5, 5.41) is 13.0. The zero-order valence-corrected chi connectivity index (χ0v) is 11.8. The lowest BCUT2D eigenvalue weighted by Crippen LogP contribution is -2.15. The molecule has 0 amide bonds. The van der Waals surface area contributed by atoms with E-state index in [2.05, 4.69) is 5.10 Å². The normalized spacial score (nSPS) is 12.4. The van der Waals surface area contributed by atoms with E-state index in [1.807, 2.05) is 38.1 Å². The van der Waals surface area contributed by atoms with Crippen LogP contribution in [-0.2, 0) is 4.79 Å². The molecule has 0 saturated carbocycles. The molecule has 1 unspecified atom stereocenters. The molecule has 1 aromatic carbocycles. The Hall–Kier alpha value is -2.30. The summed E-state index contributed by atoms with van der Waals surface area (Å²) in [4.78, 5) is 10.9. The Morgan fingerprint density at radius 3 is 2.40 bits per heavy atom. The van der Waals surface area contributed by atoms with Crippen molar-refractivity contribution in [2.24, 2.45) is 0 Å². The second kappa shape index (κ2) is 5.77. The fourth-order valence-electron chi connectivity index (χ4n) is 1.81. The van der Waals surface area contributed by atoms with E-state index in [1.54, 1.807) is 19.3 Å². The van der Waals surface area contributed by atoms with E-state index in [-0.39, 0.29) is 6.10 Å². The molecule has 1 aromatic heterocycles. The Balaban J connectivity index is 2.18. The van der Waals surface area contributed by atoms with Gasteiger partial charge in [-0.05, 0) is 38.5 Å². The minimum Gasteiger partial charge on any atom is -0.491 e. The molecule has 5 heteroatoms. The number of carboxylic acid groups (broad SMARTS) is 1. The van der Waals surface area contributed by atoms with Crippen molar-refractivity contribution >= 4 is 5.97 Å². The van der Waals surface area contributed by atoms with Crippen molar-refractivity contribution in [3.63, 3.8) is 0 Å². The number of aliphatic carboxylic acids is 1. The molecule has 2 rings (SSSR count). The van der Waals surface area contributed by atoms with Crippen LogP contribution in [0.1, 0.15) is 26.8 Å². The van der Waals surface area contributed by atoms with E-state index in [4.69, 9.17) is 9.84 Å². The lowest BCUT2D eigenvalue weighted by molar-refractivity contribution is -0.140. The third-order valence-corrected chi connectivity index (χ3v) is 2.92. The third-order valence-electron chi connectivity index (χ3n) is 2.92. The highest BCUT2D eigenvalue weighted by molar-refractivity contribution is 5.71. The van der Waals surface area contributed by atoms with Crippen LogP contribution in [0.5, 0.6) is 5.75 Å². The largest absolute Gasteiger partial charge is 0.491 e. The molecule has 0 aliphatic heterocycles. The number of aromatic nitrogens is 2. The fourth-order valence-corrected chi connectivity index (χ4v) is 1.81. The molecule has 0 aliphatic rings. The molecule has 2 aromatic rings. The summed E-state index contributed by atoms with van der Waals surface area (Å²) in [6.45, 7) is 5.55. The monoisotopic (exact) mass is 274 g/mol. The molecule has 0 bridgehead atoms. The SMILES string of the molecule is CC(C)Oc1ccc(-c2cnn(C(C)C(=O)O)c2)cc1. The molecule has 106 valence electrons. The molecule has 1 atom stereocenters. The molecular formula is C15H18N2O3. The number of nitrogens with zero attached hydrogens (tertiary/aromatic N) is 2. The molecular weight excluding hydrogens is 256 g/mol. The average molecular weight is 274 g/mol. The molecule has 0 fully saturated rings. The van der Waals surface area contributed by atoms with E-state index >= 15 is 0 Å². The Labute approximate surface area is 117 Å². The molecule has 20 heavy (non-hydrogen) atoms. The number of hydrogen-bond acceptors (Lipinski definition) is 3. The maximum Gasteiger partial charge on any atom is 0.328 e. The predicted molar refractivity (Wildman–Crippen MR) is 75.8 cm³/mol. The lowest BCUT2D eigenvalue weighted by atomic mass is 10.1. The van der Waals surface area contributed by atoms with Crippen molar-refractivity contribution in [3.8, 4) is 16.9 Å². The van der Waals surface area contributed by atoms with Gasteiger partial charge in [-0.15, -0.1) is 0 Å². The molecule has 0 spiro atoms. The molecule has 5 nitrogen and oxygen atoms in total. The number of benzene rings is 1. The summed E-state index contributed by atoms with van der Waals surface area (Å²) in [5.74, 6) is -0.0876. The quantitative estimate of drug-likeness (QED) is 0.910. The maximum atomic E-state index is 10.9. The van der Waals surface area contributed by atoms with Crippen molar-refractivity contribution in [1.29, 1.82) is 0 Å². The second-order valence-corrected chi connectivity index (χ2v) is 4.91.